The maximum absolute atomic E-state index is 12.9. The van der Waals surface area contributed by atoms with E-state index in [1.54, 1.807) is 24.3 Å². The summed E-state index contributed by atoms with van der Waals surface area (Å²) in [5.74, 6) is 0.00778. The Hall–Kier alpha value is -3.15. The number of hydrogen-bond donors (Lipinski definition) is 1. The number of carbonyl (C=O) groups excluding carboxylic acids is 1. The van der Waals surface area contributed by atoms with Crippen molar-refractivity contribution in [2.24, 2.45) is 0 Å². The zero-order valence-electron chi connectivity index (χ0n) is 14.8. The second kappa shape index (κ2) is 5.67. The minimum absolute atomic E-state index is 0.00778. The predicted octanol–water partition coefficient (Wildman–Crippen LogP) is 2.16. The lowest BCUT2D eigenvalue weighted by molar-refractivity contribution is -0.118. The second-order valence-electron chi connectivity index (χ2n) is 7.46. The van der Waals surface area contributed by atoms with Crippen LogP contribution in [0, 0.1) is 0 Å². The fourth-order valence-electron chi connectivity index (χ4n) is 4.24. The number of nitrogens with one attached hydrogen (secondary N) is 1. The van der Waals surface area contributed by atoms with Crippen LogP contribution in [-0.2, 0) is 16.8 Å². The smallest absolute Gasteiger partial charge is 0.311 e. The average molecular weight is 361 g/mol. The Labute approximate surface area is 155 Å². The van der Waals surface area contributed by atoms with E-state index in [0.29, 0.717) is 10.9 Å². The van der Waals surface area contributed by atoms with Crippen LogP contribution in [-0.4, -0.2) is 22.0 Å². The van der Waals surface area contributed by atoms with Gasteiger partial charge in [-0.05, 0) is 36.6 Å². The van der Waals surface area contributed by atoms with Crippen LogP contribution >= 0.6 is 0 Å². The Bertz CT molecular complexity index is 1190. The summed E-state index contributed by atoms with van der Waals surface area (Å²) in [6.45, 7) is 0.965. The number of rotatable bonds is 3. The van der Waals surface area contributed by atoms with E-state index < -0.39 is 11.2 Å². The van der Waals surface area contributed by atoms with Crippen molar-refractivity contribution in [2.45, 2.75) is 31.2 Å². The number of amides is 1. The first-order valence-corrected chi connectivity index (χ1v) is 9.21. The lowest BCUT2D eigenvalue weighted by Gasteiger charge is -2.18. The van der Waals surface area contributed by atoms with Crippen LogP contribution in [0.3, 0.4) is 0 Å². The van der Waals surface area contributed by atoms with E-state index in [9.17, 15) is 14.4 Å². The van der Waals surface area contributed by atoms with Gasteiger partial charge in [-0.2, -0.15) is 0 Å². The van der Waals surface area contributed by atoms with E-state index >= 15 is 0 Å². The molecule has 1 amide bonds. The minimum Gasteiger partial charge on any atom is -0.311 e. The third kappa shape index (κ3) is 2.44. The summed E-state index contributed by atoms with van der Waals surface area (Å²) in [4.78, 5) is 41.4. The van der Waals surface area contributed by atoms with Gasteiger partial charge in [-0.1, -0.05) is 30.3 Å². The van der Waals surface area contributed by atoms with Crippen LogP contribution in [0.4, 0.5) is 5.69 Å². The summed E-state index contributed by atoms with van der Waals surface area (Å²) in [5.41, 5.74) is 2.09. The summed E-state index contributed by atoms with van der Waals surface area (Å²) in [6.07, 6.45) is 2.45. The van der Waals surface area contributed by atoms with Crippen LogP contribution in [0.1, 0.15) is 24.8 Å². The number of aryl methyl sites for hydroxylation is 1. The van der Waals surface area contributed by atoms with Gasteiger partial charge in [0.25, 0.3) is 5.56 Å². The molecule has 5 rings (SSSR count). The summed E-state index contributed by atoms with van der Waals surface area (Å²) in [6, 6.07) is 15.1. The predicted molar refractivity (Wildman–Crippen MR) is 103 cm³/mol. The molecule has 2 aliphatic rings. The monoisotopic (exact) mass is 361 g/mol. The molecular formula is C21H19N3O3. The number of carbonyl (C=O) groups is 1. The molecule has 0 atom stereocenters. The quantitative estimate of drug-likeness (QED) is 0.777. The van der Waals surface area contributed by atoms with Gasteiger partial charge < -0.3 is 4.90 Å². The third-order valence-corrected chi connectivity index (χ3v) is 5.84. The van der Waals surface area contributed by atoms with Gasteiger partial charge in [-0.25, -0.2) is 4.79 Å². The fraction of sp³-hybridized carbons (Fsp3) is 0.286. The van der Waals surface area contributed by atoms with Gasteiger partial charge in [-0.3, -0.25) is 19.1 Å². The molecule has 1 aliphatic heterocycles. The maximum atomic E-state index is 12.9. The summed E-state index contributed by atoms with van der Waals surface area (Å²) in [7, 11) is 0. The SMILES string of the molecule is O=C(CCn1c(=O)[nH]c(=O)c2ccccc21)N1CC2(CC2)c2ccccc21. The van der Waals surface area contributed by atoms with Crippen molar-refractivity contribution in [2.75, 3.05) is 11.4 Å². The van der Waals surface area contributed by atoms with Crippen LogP contribution in [0.15, 0.2) is 58.1 Å². The number of para-hydroxylation sites is 2. The Balaban J connectivity index is 1.44. The number of nitrogens with zero attached hydrogens (tertiary/aromatic N) is 2. The van der Waals surface area contributed by atoms with Crippen molar-refractivity contribution in [1.29, 1.82) is 0 Å². The number of hydrogen-bond acceptors (Lipinski definition) is 3. The molecule has 136 valence electrons. The Kier molecular flexibility index (Phi) is 3.37. The van der Waals surface area contributed by atoms with Gasteiger partial charge >= 0.3 is 5.69 Å². The molecule has 6 nitrogen and oxygen atoms in total. The zero-order valence-corrected chi connectivity index (χ0v) is 14.8. The van der Waals surface area contributed by atoms with Crippen molar-refractivity contribution in [3.05, 3.63) is 74.9 Å². The van der Waals surface area contributed by atoms with E-state index in [4.69, 9.17) is 0 Å². The van der Waals surface area contributed by atoms with E-state index in [0.717, 1.165) is 25.1 Å². The standard InChI is InChI=1S/C21H19N3O3/c25-18(24-13-21(10-11-21)15-6-2-4-8-17(15)24)9-12-23-16-7-3-1-5-14(16)19(26)22-20(23)27/h1-8H,9-13H2,(H,22,26,27). The number of aromatic nitrogens is 2. The molecule has 1 aliphatic carbocycles. The first-order valence-electron chi connectivity index (χ1n) is 9.21. The average Bonchev–Trinajstić information content (AvgIpc) is 3.38. The molecule has 0 bridgehead atoms. The maximum Gasteiger partial charge on any atom is 0.328 e. The number of aromatic amines is 1. The van der Waals surface area contributed by atoms with Crippen LogP contribution < -0.4 is 16.1 Å². The first-order chi connectivity index (χ1) is 13.1. The Morgan fingerprint density at radius 2 is 1.78 bits per heavy atom. The minimum atomic E-state index is -0.480. The lowest BCUT2D eigenvalue weighted by atomic mass is 9.99. The Morgan fingerprint density at radius 1 is 1.04 bits per heavy atom. The third-order valence-electron chi connectivity index (χ3n) is 5.84. The van der Waals surface area contributed by atoms with E-state index in [1.165, 1.54) is 10.1 Å². The molecule has 1 N–H and O–H groups in total. The van der Waals surface area contributed by atoms with Gasteiger partial charge in [0.2, 0.25) is 5.91 Å². The van der Waals surface area contributed by atoms with Crippen molar-refractivity contribution < 1.29 is 4.79 Å². The molecule has 0 unspecified atom stereocenters. The largest absolute Gasteiger partial charge is 0.328 e. The highest BCUT2D eigenvalue weighted by molar-refractivity contribution is 5.96. The highest BCUT2D eigenvalue weighted by Crippen LogP contribution is 2.56. The van der Waals surface area contributed by atoms with Gasteiger partial charge in [0, 0.05) is 30.6 Å². The number of H-pyrrole nitrogens is 1. The van der Waals surface area contributed by atoms with Gasteiger partial charge in [0.05, 0.1) is 10.9 Å². The number of fused-ring (bicyclic) bond motifs is 3. The molecule has 1 fully saturated rings. The number of benzene rings is 2. The van der Waals surface area contributed by atoms with Gasteiger partial charge in [0.15, 0.2) is 0 Å². The molecule has 27 heavy (non-hydrogen) atoms. The van der Waals surface area contributed by atoms with Crippen LogP contribution in [0.2, 0.25) is 0 Å². The molecule has 1 spiro atoms. The summed E-state index contributed by atoms with van der Waals surface area (Å²) in [5, 5.41) is 0.452. The van der Waals surface area contributed by atoms with E-state index in [-0.39, 0.29) is 24.3 Å². The summed E-state index contributed by atoms with van der Waals surface area (Å²) >= 11 is 0. The second-order valence-corrected chi connectivity index (χ2v) is 7.46. The Morgan fingerprint density at radius 3 is 2.59 bits per heavy atom. The van der Waals surface area contributed by atoms with Crippen LogP contribution in [0.5, 0.6) is 0 Å². The number of anilines is 1. The van der Waals surface area contributed by atoms with Gasteiger partial charge in [-0.15, -0.1) is 0 Å². The highest BCUT2D eigenvalue weighted by atomic mass is 16.2. The highest BCUT2D eigenvalue weighted by Gasteiger charge is 2.52. The van der Waals surface area contributed by atoms with E-state index in [1.807, 2.05) is 23.1 Å². The fourth-order valence-corrected chi connectivity index (χ4v) is 4.24. The molecule has 0 saturated heterocycles. The van der Waals surface area contributed by atoms with Crippen molar-refractivity contribution in [1.82, 2.24) is 9.55 Å². The molecule has 6 heteroatoms. The van der Waals surface area contributed by atoms with E-state index in [2.05, 4.69) is 11.1 Å². The lowest BCUT2D eigenvalue weighted by Crippen LogP contribution is -2.35. The molecule has 1 saturated carbocycles. The van der Waals surface area contributed by atoms with Crippen molar-refractivity contribution in [3.63, 3.8) is 0 Å². The van der Waals surface area contributed by atoms with Gasteiger partial charge in [0.1, 0.15) is 0 Å². The molecule has 0 radical (unpaired) electrons. The molecule has 3 aromatic rings. The van der Waals surface area contributed by atoms with Crippen molar-refractivity contribution in [3.8, 4) is 0 Å². The zero-order chi connectivity index (χ0) is 18.6. The normalized spacial score (nSPS) is 16.7. The van der Waals surface area contributed by atoms with Crippen LogP contribution in [0.25, 0.3) is 10.9 Å². The van der Waals surface area contributed by atoms with Crippen molar-refractivity contribution >= 4 is 22.5 Å². The summed E-state index contributed by atoms with van der Waals surface area (Å²) < 4.78 is 1.48. The molecule has 2 heterocycles. The molecule has 1 aromatic heterocycles. The first kappa shape index (κ1) is 16.1. The topological polar surface area (TPSA) is 75.2 Å². The molecule has 2 aromatic carbocycles. The molecular weight excluding hydrogens is 342 g/mol.